The lowest BCUT2D eigenvalue weighted by molar-refractivity contribution is 0.203. The van der Waals surface area contributed by atoms with Gasteiger partial charge in [-0.15, -0.1) is 0 Å². The third-order valence-electron chi connectivity index (χ3n) is 4.48. The molecule has 2 N–H and O–H groups in total. The summed E-state index contributed by atoms with van der Waals surface area (Å²) in [5.41, 5.74) is 2.76. The molecule has 1 fully saturated rings. The van der Waals surface area contributed by atoms with Crippen LogP contribution in [0.5, 0.6) is 0 Å². The highest BCUT2D eigenvalue weighted by molar-refractivity contribution is 5.79. The third kappa shape index (κ3) is 6.49. The Bertz CT molecular complexity index is 496. The van der Waals surface area contributed by atoms with Gasteiger partial charge >= 0.3 is 0 Å². The van der Waals surface area contributed by atoms with E-state index in [9.17, 15) is 0 Å². The molecular formula is C19H32N4O. The zero-order chi connectivity index (χ0) is 17.0. The van der Waals surface area contributed by atoms with Gasteiger partial charge in [0.1, 0.15) is 0 Å². The summed E-state index contributed by atoms with van der Waals surface area (Å²) in [5, 5.41) is 6.65. The Morgan fingerprint density at radius 3 is 2.46 bits per heavy atom. The summed E-state index contributed by atoms with van der Waals surface area (Å²) in [4.78, 5) is 6.86. The van der Waals surface area contributed by atoms with E-state index in [-0.39, 0.29) is 0 Å². The maximum Gasteiger partial charge on any atom is 0.191 e. The summed E-state index contributed by atoms with van der Waals surface area (Å²) in [7, 11) is 3.50. The van der Waals surface area contributed by atoms with Crippen LogP contribution in [0.4, 0.5) is 0 Å². The number of aliphatic imine (C=N–C) groups is 1. The van der Waals surface area contributed by atoms with Crippen LogP contribution in [-0.4, -0.2) is 51.3 Å². The number of hydrogen-bond acceptors (Lipinski definition) is 3. The van der Waals surface area contributed by atoms with Gasteiger partial charge in [-0.3, -0.25) is 9.89 Å². The number of benzene rings is 1. The molecule has 5 nitrogen and oxygen atoms in total. The van der Waals surface area contributed by atoms with Crippen molar-refractivity contribution in [1.82, 2.24) is 15.5 Å². The molecule has 1 saturated heterocycles. The zero-order valence-corrected chi connectivity index (χ0v) is 15.2. The van der Waals surface area contributed by atoms with Gasteiger partial charge in [-0.05, 0) is 37.1 Å². The predicted molar refractivity (Wildman–Crippen MR) is 100 cm³/mol. The molecule has 0 spiro atoms. The number of ether oxygens (including phenoxy) is 1. The number of nitrogens with one attached hydrogen (secondary N) is 2. The molecule has 0 atom stereocenters. The third-order valence-corrected chi connectivity index (χ3v) is 4.48. The van der Waals surface area contributed by atoms with Crippen LogP contribution in [0.3, 0.4) is 0 Å². The molecule has 0 amide bonds. The molecule has 0 unspecified atom stereocenters. The van der Waals surface area contributed by atoms with Crippen LogP contribution in [0.1, 0.15) is 36.8 Å². The first-order valence-corrected chi connectivity index (χ1v) is 9.06. The van der Waals surface area contributed by atoms with E-state index < -0.39 is 0 Å². The lowest BCUT2D eigenvalue weighted by Crippen LogP contribution is -2.38. The molecule has 1 aliphatic heterocycles. The van der Waals surface area contributed by atoms with Crippen molar-refractivity contribution in [2.24, 2.45) is 4.99 Å². The van der Waals surface area contributed by atoms with E-state index in [1.807, 2.05) is 0 Å². The van der Waals surface area contributed by atoms with Crippen LogP contribution in [0.2, 0.25) is 0 Å². The fraction of sp³-hybridized carbons (Fsp3) is 0.632. The first-order chi connectivity index (χ1) is 11.8. The molecule has 24 heavy (non-hydrogen) atoms. The topological polar surface area (TPSA) is 48.9 Å². The van der Waals surface area contributed by atoms with Crippen LogP contribution >= 0.6 is 0 Å². The van der Waals surface area contributed by atoms with Crippen LogP contribution in [0, 0.1) is 0 Å². The molecular weight excluding hydrogens is 300 g/mol. The van der Waals surface area contributed by atoms with E-state index in [1.54, 1.807) is 14.2 Å². The Morgan fingerprint density at radius 1 is 1.08 bits per heavy atom. The highest BCUT2D eigenvalue weighted by atomic mass is 16.5. The maximum absolute atomic E-state index is 5.06. The second-order valence-electron chi connectivity index (χ2n) is 6.30. The van der Waals surface area contributed by atoms with Gasteiger partial charge < -0.3 is 15.4 Å². The van der Waals surface area contributed by atoms with Crippen LogP contribution in [0.25, 0.3) is 0 Å². The Kier molecular flexibility index (Phi) is 8.63. The quantitative estimate of drug-likeness (QED) is 0.457. The van der Waals surface area contributed by atoms with Crippen molar-refractivity contribution in [2.75, 3.05) is 40.4 Å². The van der Waals surface area contributed by atoms with Gasteiger partial charge in [0, 0.05) is 33.8 Å². The minimum Gasteiger partial charge on any atom is -0.383 e. The van der Waals surface area contributed by atoms with Crippen molar-refractivity contribution in [2.45, 2.75) is 38.8 Å². The van der Waals surface area contributed by atoms with Gasteiger partial charge in [-0.25, -0.2) is 0 Å². The SMILES string of the molecule is CN=C(NCCOC)NCc1ccccc1CN1CCCCCC1. The Morgan fingerprint density at radius 2 is 1.79 bits per heavy atom. The molecule has 1 aliphatic rings. The highest BCUT2D eigenvalue weighted by Gasteiger charge is 2.11. The van der Waals surface area contributed by atoms with Gasteiger partial charge in [0.05, 0.1) is 6.61 Å². The van der Waals surface area contributed by atoms with E-state index in [4.69, 9.17) is 4.74 Å². The molecule has 134 valence electrons. The molecule has 0 saturated carbocycles. The average Bonchev–Trinajstić information content (AvgIpc) is 2.88. The standard InChI is InChI=1S/C19H32N4O/c1-20-19(21-11-14-24-2)22-15-17-9-5-6-10-18(17)16-23-12-7-3-4-8-13-23/h5-6,9-10H,3-4,7-8,11-16H2,1-2H3,(H2,20,21,22). The summed E-state index contributed by atoms with van der Waals surface area (Å²) in [6.45, 7) is 5.71. The molecule has 0 aliphatic carbocycles. The van der Waals surface area contributed by atoms with Crippen LogP contribution < -0.4 is 10.6 Å². The smallest absolute Gasteiger partial charge is 0.191 e. The Labute approximate surface area is 146 Å². The average molecular weight is 332 g/mol. The summed E-state index contributed by atoms with van der Waals surface area (Å²) < 4.78 is 5.06. The fourth-order valence-corrected chi connectivity index (χ4v) is 3.09. The van der Waals surface area contributed by atoms with Crippen molar-refractivity contribution in [1.29, 1.82) is 0 Å². The van der Waals surface area contributed by atoms with E-state index >= 15 is 0 Å². The summed E-state index contributed by atoms with van der Waals surface area (Å²) >= 11 is 0. The number of nitrogens with zero attached hydrogens (tertiary/aromatic N) is 2. The monoisotopic (exact) mass is 332 g/mol. The predicted octanol–water partition coefficient (Wildman–Crippen LogP) is 2.37. The molecule has 0 aromatic heterocycles. The summed E-state index contributed by atoms with van der Waals surface area (Å²) in [6, 6.07) is 8.72. The van der Waals surface area contributed by atoms with Crippen molar-refractivity contribution in [3.05, 3.63) is 35.4 Å². The van der Waals surface area contributed by atoms with Gasteiger partial charge in [-0.2, -0.15) is 0 Å². The molecule has 0 bridgehead atoms. The Balaban J connectivity index is 1.90. The largest absolute Gasteiger partial charge is 0.383 e. The van der Waals surface area contributed by atoms with Gasteiger partial charge in [0.2, 0.25) is 0 Å². The number of guanidine groups is 1. The van der Waals surface area contributed by atoms with Gasteiger partial charge in [0.25, 0.3) is 0 Å². The minimum absolute atomic E-state index is 0.673. The van der Waals surface area contributed by atoms with Gasteiger partial charge in [-0.1, -0.05) is 37.1 Å². The summed E-state index contributed by atoms with van der Waals surface area (Å²) in [6.07, 6.45) is 5.42. The van der Waals surface area contributed by atoms with Gasteiger partial charge in [0.15, 0.2) is 5.96 Å². The number of likely N-dealkylation sites (tertiary alicyclic amines) is 1. The van der Waals surface area contributed by atoms with Crippen LogP contribution in [-0.2, 0) is 17.8 Å². The second kappa shape index (κ2) is 11.0. The lowest BCUT2D eigenvalue weighted by Gasteiger charge is -2.22. The first kappa shape index (κ1) is 18.7. The van der Waals surface area contributed by atoms with E-state index in [0.29, 0.717) is 6.61 Å². The molecule has 5 heteroatoms. The fourth-order valence-electron chi connectivity index (χ4n) is 3.09. The van der Waals surface area contributed by atoms with Crippen LogP contribution in [0.15, 0.2) is 29.3 Å². The Hall–Kier alpha value is -1.59. The number of rotatable bonds is 7. The summed E-state index contributed by atoms with van der Waals surface area (Å²) in [5.74, 6) is 0.816. The normalized spacial score (nSPS) is 16.7. The lowest BCUT2D eigenvalue weighted by atomic mass is 10.1. The van der Waals surface area contributed by atoms with E-state index in [2.05, 4.69) is 44.8 Å². The van der Waals surface area contributed by atoms with Crippen molar-refractivity contribution in [3.63, 3.8) is 0 Å². The molecule has 1 heterocycles. The van der Waals surface area contributed by atoms with Crippen molar-refractivity contribution in [3.8, 4) is 0 Å². The van der Waals surface area contributed by atoms with Crippen molar-refractivity contribution < 1.29 is 4.74 Å². The second-order valence-corrected chi connectivity index (χ2v) is 6.30. The molecule has 1 aromatic rings. The first-order valence-electron chi connectivity index (χ1n) is 9.06. The molecule has 2 rings (SSSR count). The number of hydrogen-bond donors (Lipinski definition) is 2. The number of methoxy groups -OCH3 is 1. The maximum atomic E-state index is 5.06. The molecule has 0 radical (unpaired) electrons. The van der Waals surface area contributed by atoms with E-state index in [0.717, 1.165) is 25.6 Å². The van der Waals surface area contributed by atoms with Crippen molar-refractivity contribution >= 4 is 5.96 Å². The zero-order valence-electron chi connectivity index (χ0n) is 15.2. The molecule has 1 aromatic carbocycles. The van der Waals surface area contributed by atoms with E-state index in [1.165, 1.54) is 49.9 Å². The minimum atomic E-state index is 0.673. The highest BCUT2D eigenvalue weighted by Crippen LogP contribution is 2.16.